The SMILES string of the molecule is Cc1nc(Cl)nc(N[C@@H](C)C(F)(F)F)c1N. The summed E-state index contributed by atoms with van der Waals surface area (Å²) in [4.78, 5) is 7.32. The number of nitrogen functional groups attached to an aromatic ring is 1. The molecule has 0 saturated carbocycles. The zero-order valence-corrected chi connectivity index (χ0v) is 9.32. The number of anilines is 2. The van der Waals surface area contributed by atoms with Crippen molar-refractivity contribution in [3.63, 3.8) is 0 Å². The zero-order valence-electron chi connectivity index (χ0n) is 8.56. The molecule has 0 spiro atoms. The normalized spacial score (nSPS) is 13.6. The molecule has 4 nitrogen and oxygen atoms in total. The van der Waals surface area contributed by atoms with Gasteiger partial charge in [0.25, 0.3) is 0 Å². The first-order valence-corrected chi connectivity index (χ1v) is 4.72. The highest BCUT2D eigenvalue weighted by Crippen LogP contribution is 2.26. The first-order chi connectivity index (χ1) is 7.21. The summed E-state index contributed by atoms with van der Waals surface area (Å²) in [5, 5.41) is 2.00. The van der Waals surface area contributed by atoms with Gasteiger partial charge in [0.2, 0.25) is 5.28 Å². The van der Waals surface area contributed by atoms with Gasteiger partial charge in [-0.25, -0.2) is 4.98 Å². The lowest BCUT2D eigenvalue weighted by molar-refractivity contribution is -0.138. The monoisotopic (exact) mass is 254 g/mol. The van der Waals surface area contributed by atoms with Gasteiger partial charge in [-0.05, 0) is 25.4 Å². The summed E-state index contributed by atoms with van der Waals surface area (Å²) in [6.45, 7) is 2.50. The van der Waals surface area contributed by atoms with Crippen LogP contribution in [0, 0.1) is 6.92 Å². The van der Waals surface area contributed by atoms with Crippen LogP contribution in [0.25, 0.3) is 0 Å². The average molecular weight is 255 g/mol. The number of hydrogen-bond acceptors (Lipinski definition) is 4. The van der Waals surface area contributed by atoms with Crippen LogP contribution in [0.15, 0.2) is 0 Å². The highest BCUT2D eigenvalue weighted by molar-refractivity contribution is 6.28. The van der Waals surface area contributed by atoms with Crippen LogP contribution in [0.4, 0.5) is 24.7 Å². The summed E-state index contributed by atoms with van der Waals surface area (Å²) in [5.41, 5.74) is 5.92. The lowest BCUT2D eigenvalue weighted by atomic mass is 10.3. The molecule has 3 N–H and O–H groups in total. The van der Waals surface area contributed by atoms with Gasteiger partial charge in [-0.1, -0.05) is 0 Å². The first-order valence-electron chi connectivity index (χ1n) is 4.34. The minimum atomic E-state index is -4.38. The van der Waals surface area contributed by atoms with Crippen molar-refractivity contribution in [2.45, 2.75) is 26.1 Å². The predicted octanol–water partition coefficient (Wildman–Crippen LogP) is 2.38. The van der Waals surface area contributed by atoms with Crippen LogP contribution >= 0.6 is 11.6 Å². The molecule has 0 amide bonds. The lowest BCUT2D eigenvalue weighted by Gasteiger charge is -2.19. The van der Waals surface area contributed by atoms with Crippen molar-refractivity contribution in [3.8, 4) is 0 Å². The van der Waals surface area contributed by atoms with Gasteiger partial charge in [-0.2, -0.15) is 18.2 Å². The van der Waals surface area contributed by atoms with E-state index in [1.54, 1.807) is 0 Å². The number of nitrogens with zero attached hydrogens (tertiary/aromatic N) is 2. The number of nitrogens with one attached hydrogen (secondary N) is 1. The van der Waals surface area contributed by atoms with Crippen molar-refractivity contribution in [2.75, 3.05) is 11.1 Å². The summed E-state index contributed by atoms with van der Waals surface area (Å²) < 4.78 is 36.9. The summed E-state index contributed by atoms with van der Waals surface area (Å²) in [7, 11) is 0. The van der Waals surface area contributed by atoms with E-state index in [0.717, 1.165) is 6.92 Å². The fourth-order valence-corrected chi connectivity index (χ4v) is 1.16. The topological polar surface area (TPSA) is 63.8 Å². The Morgan fingerprint density at radius 2 is 1.94 bits per heavy atom. The molecule has 0 unspecified atom stereocenters. The molecular formula is C8H10ClF3N4. The number of halogens is 4. The third-order valence-electron chi connectivity index (χ3n) is 1.95. The highest BCUT2D eigenvalue weighted by Gasteiger charge is 2.36. The van der Waals surface area contributed by atoms with E-state index in [4.69, 9.17) is 17.3 Å². The smallest absolute Gasteiger partial charge is 0.394 e. The van der Waals surface area contributed by atoms with E-state index in [2.05, 4.69) is 15.3 Å². The largest absolute Gasteiger partial charge is 0.408 e. The third kappa shape index (κ3) is 2.88. The van der Waals surface area contributed by atoms with Crippen molar-refractivity contribution >= 4 is 23.1 Å². The van der Waals surface area contributed by atoms with Crippen LogP contribution in [0.2, 0.25) is 5.28 Å². The van der Waals surface area contributed by atoms with Crippen molar-refractivity contribution in [1.29, 1.82) is 0 Å². The Kier molecular flexibility index (Phi) is 3.47. The van der Waals surface area contributed by atoms with E-state index in [1.807, 2.05) is 0 Å². The standard InChI is InChI=1S/C8H10ClF3N4/c1-3-5(13)6(16-7(9)14-3)15-4(2)8(10,11)12/h4H,13H2,1-2H3,(H,14,15,16)/t4-/m0/s1. The molecule has 1 rings (SSSR count). The fourth-order valence-electron chi connectivity index (χ4n) is 0.944. The summed E-state index contributed by atoms with van der Waals surface area (Å²) in [5.74, 6) is -0.109. The zero-order chi connectivity index (χ0) is 12.5. The molecule has 1 aromatic rings. The van der Waals surface area contributed by atoms with Crippen LogP contribution in [0.3, 0.4) is 0 Å². The minimum absolute atomic E-state index is 0.0560. The molecular weight excluding hydrogens is 245 g/mol. The van der Waals surface area contributed by atoms with Crippen LogP contribution in [-0.4, -0.2) is 22.2 Å². The fraction of sp³-hybridized carbons (Fsp3) is 0.500. The maximum absolute atomic E-state index is 12.3. The van der Waals surface area contributed by atoms with Gasteiger partial charge in [-0.15, -0.1) is 0 Å². The van der Waals surface area contributed by atoms with Gasteiger partial charge in [0, 0.05) is 0 Å². The van der Waals surface area contributed by atoms with E-state index < -0.39 is 12.2 Å². The van der Waals surface area contributed by atoms with E-state index in [9.17, 15) is 13.2 Å². The predicted molar refractivity (Wildman–Crippen MR) is 55.3 cm³/mol. The Morgan fingerprint density at radius 3 is 2.44 bits per heavy atom. The molecule has 1 aromatic heterocycles. The van der Waals surface area contributed by atoms with Crippen molar-refractivity contribution < 1.29 is 13.2 Å². The van der Waals surface area contributed by atoms with Crippen LogP contribution < -0.4 is 11.1 Å². The molecule has 0 aliphatic rings. The third-order valence-corrected chi connectivity index (χ3v) is 2.12. The highest BCUT2D eigenvalue weighted by atomic mass is 35.5. The molecule has 90 valence electrons. The van der Waals surface area contributed by atoms with Gasteiger partial charge in [0.15, 0.2) is 5.82 Å². The van der Waals surface area contributed by atoms with Crippen LogP contribution in [0.1, 0.15) is 12.6 Å². The molecule has 1 atom stereocenters. The molecule has 0 radical (unpaired) electrons. The molecule has 0 fully saturated rings. The number of aryl methyl sites for hydroxylation is 1. The van der Waals surface area contributed by atoms with Gasteiger partial charge < -0.3 is 11.1 Å². The second kappa shape index (κ2) is 4.32. The first kappa shape index (κ1) is 12.8. The second-order valence-corrected chi connectivity index (χ2v) is 3.59. The Labute approximate surface area is 95.0 Å². The van der Waals surface area contributed by atoms with E-state index >= 15 is 0 Å². The molecule has 1 heterocycles. The Hall–Kier alpha value is -1.24. The van der Waals surface area contributed by atoms with Gasteiger partial charge in [0.1, 0.15) is 6.04 Å². The maximum atomic E-state index is 12.3. The van der Waals surface area contributed by atoms with Crippen molar-refractivity contribution in [2.24, 2.45) is 0 Å². The molecule has 0 bridgehead atoms. The van der Waals surface area contributed by atoms with Gasteiger partial charge >= 0.3 is 6.18 Å². The molecule has 0 aromatic carbocycles. The minimum Gasteiger partial charge on any atom is -0.394 e. The number of aromatic nitrogens is 2. The quantitative estimate of drug-likeness (QED) is 0.796. The summed E-state index contributed by atoms with van der Waals surface area (Å²) >= 11 is 5.52. The molecule has 0 aliphatic heterocycles. The molecule has 16 heavy (non-hydrogen) atoms. The summed E-state index contributed by atoms with van der Waals surface area (Å²) in [6.07, 6.45) is -4.38. The van der Waals surface area contributed by atoms with Crippen molar-refractivity contribution in [1.82, 2.24) is 9.97 Å². The van der Waals surface area contributed by atoms with E-state index in [1.165, 1.54) is 6.92 Å². The second-order valence-electron chi connectivity index (χ2n) is 3.25. The Morgan fingerprint density at radius 1 is 1.38 bits per heavy atom. The number of alkyl halides is 3. The lowest BCUT2D eigenvalue weighted by Crippen LogP contribution is -2.33. The molecule has 8 heteroatoms. The van der Waals surface area contributed by atoms with E-state index in [-0.39, 0.29) is 16.8 Å². The molecule has 0 aliphatic carbocycles. The number of rotatable bonds is 2. The average Bonchev–Trinajstić information content (AvgIpc) is 2.11. The van der Waals surface area contributed by atoms with Gasteiger partial charge in [0.05, 0.1) is 11.4 Å². The van der Waals surface area contributed by atoms with Crippen molar-refractivity contribution in [3.05, 3.63) is 11.0 Å². The maximum Gasteiger partial charge on any atom is 0.408 e. The van der Waals surface area contributed by atoms with Crippen LogP contribution in [0.5, 0.6) is 0 Å². The molecule has 0 saturated heterocycles. The van der Waals surface area contributed by atoms with Gasteiger partial charge in [-0.3, -0.25) is 0 Å². The summed E-state index contributed by atoms with van der Waals surface area (Å²) in [6, 6.07) is -1.76. The Bertz CT molecular complexity index is 394. The van der Waals surface area contributed by atoms with E-state index in [0.29, 0.717) is 5.69 Å². The Balaban J connectivity index is 2.98. The van der Waals surface area contributed by atoms with Crippen LogP contribution in [-0.2, 0) is 0 Å². The number of hydrogen-bond donors (Lipinski definition) is 2. The number of nitrogens with two attached hydrogens (primary N) is 1.